The van der Waals surface area contributed by atoms with Crippen molar-refractivity contribution in [2.75, 3.05) is 0 Å². The van der Waals surface area contributed by atoms with Crippen LogP contribution < -0.4 is 11.5 Å². The van der Waals surface area contributed by atoms with Crippen LogP contribution in [-0.2, 0) is 6.54 Å². The number of nitrogens with zero attached hydrogens (tertiary/aromatic N) is 1. The SMILES string of the molecule is Br.NC(N)=NCc1ccc(Sc2ccccc2)cc1. The molecular formula is C14H16BrN3S. The summed E-state index contributed by atoms with van der Waals surface area (Å²) in [6.45, 7) is 0.526. The number of halogens is 1. The first-order valence-electron chi connectivity index (χ1n) is 5.61. The summed E-state index contributed by atoms with van der Waals surface area (Å²) in [4.78, 5) is 6.41. The van der Waals surface area contributed by atoms with Crippen molar-refractivity contribution in [1.29, 1.82) is 0 Å². The highest BCUT2D eigenvalue weighted by molar-refractivity contribution is 8.93. The van der Waals surface area contributed by atoms with Gasteiger partial charge < -0.3 is 11.5 Å². The van der Waals surface area contributed by atoms with Gasteiger partial charge in [-0.15, -0.1) is 17.0 Å². The fourth-order valence-corrected chi connectivity index (χ4v) is 2.31. The molecule has 0 saturated carbocycles. The molecule has 19 heavy (non-hydrogen) atoms. The summed E-state index contributed by atoms with van der Waals surface area (Å²) in [6.07, 6.45) is 0. The summed E-state index contributed by atoms with van der Waals surface area (Å²) in [5, 5.41) is 0. The average molecular weight is 338 g/mol. The number of rotatable bonds is 4. The van der Waals surface area contributed by atoms with Crippen molar-refractivity contribution in [2.24, 2.45) is 16.5 Å². The summed E-state index contributed by atoms with van der Waals surface area (Å²) in [7, 11) is 0. The Bertz CT molecular complexity index is 522. The Kier molecular flexibility index (Phi) is 6.45. The fourth-order valence-electron chi connectivity index (χ4n) is 1.47. The van der Waals surface area contributed by atoms with E-state index in [-0.39, 0.29) is 22.9 Å². The molecule has 0 aliphatic rings. The summed E-state index contributed by atoms with van der Waals surface area (Å²) in [5.74, 6) is 0.123. The largest absolute Gasteiger partial charge is 0.370 e. The van der Waals surface area contributed by atoms with Gasteiger partial charge in [-0.3, -0.25) is 0 Å². The van der Waals surface area contributed by atoms with Gasteiger partial charge in [-0.2, -0.15) is 0 Å². The van der Waals surface area contributed by atoms with Crippen LogP contribution in [0.15, 0.2) is 69.4 Å². The van der Waals surface area contributed by atoms with Crippen LogP contribution in [0.25, 0.3) is 0 Å². The molecule has 0 spiro atoms. The number of hydrogen-bond acceptors (Lipinski definition) is 2. The Morgan fingerprint density at radius 1 is 0.895 bits per heavy atom. The molecule has 5 heteroatoms. The van der Waals surface area contributed by atoms with E-state index in [0.29, 0.717) is 6.54 Å². The average Bonchev–Trinajstić information content (AvgIpc) is 2.39. The lowest BCUT2D eigenvalue weighted by Crippen LogP contribution is -2.22. The molecule has 2 aromatic rings. The molecule has 0 heterocycles. The highest BCUT2D eigenvalue weighted by atomic mass is 79.9. The van der Waals surface area contributed by atoms with E-state index in [9.17, 15) is 0 Å². The third kappa shape index (κ3) is 5.36. The van der Waals surface area contributed by atoms with Crippen LogP contribution in [0.1, 0.15) is 5.56 Å². The molecule has 4 N–H and O–H groups in total. The quantitative estimate of drug-likeness (QED) is 0.665. The maximum Gasteiger partial charge on any atom is 0.186 e. The van der Waals surface area contributed by atoms with Gasteiger partial charge in [-0.1, -0.05) is 42.1 Å². The maximum absolute atomic E-state index is 5.30. The van der Waals surface area contributed by atoms with Crippen LogP contribution in [0, 0.1) is 0 Å². The van der Waals surface area contributed by atoms with E-state index in [0.717, 1.165) is 5.56 Å². The van der Waals surface area contributed by atoms with Gasteiger partial charge in [0.15, 0.2) is 5.96 Å². The molecule has 3 nitrogen and oxygen atoms in total. The first-order chi connectivity index (χ1) is 8.74. The number of hydrogen-bond donors (Lipinski definition) is 2. The van der Waals surface area contributed by atoms with Crippen LogP contribution in [0.4, 0.5) is 0 Å². The number of aliphatic imine (C=N–C) groups is 1. The van der Waals surface area contributed by atoms with Gasteiger partial charge in [0.05, 0.1) is 6.54 Å². The second-order valence-corrected chi connectivity index (χ2v) is 4.95. The van der Waals surface area contributed by atoms with Crippen LogP contribution in [0.3, 0.4) is 0 Å². The molecule has 0 saturated heterocycles. The Morgan fingerprint density at radius 2 is 1.47 bits per heavy atom. The smallest absolute Gasteiger partial charge is 0.186 e. The van der Waals surface area contributed by atoms with Crippen LogP contribution in [0.2, 0.25) is 0 Å². The third-order valence-corrected chi connectivity index (χ3v) is 3.36. The minimum absolute atomic E-state index is 0. The number of guanidine groups is 1. The van der Waals surface area contributed by atoms with E-state index < -0.39 is 0 Å². The van der Waals surface area contributed by atoms with Crippen molar-refractivity contribution < 1.29 is 0 Å². The molecule has 0 unspecified atom stereocenters. The first-order valence-corrected chi connectivity index (χ1v) is 6.43. The standard InChI is InChI=1S/C14H15N3S.BrH/c15-14(16)17-10-11-6-8-13(9-7-11)18-12-4-2-1-3-5-12;/h1-9H,10H2,(H4,15,16,17);1H. The van der Waals surface area contributed by atoms with Crippen molar-refractivity contribution in [2.45, 2.75) is 16.3 Å². The summed E-state index contributed by atoms with van der Waals surface area (Å²) < 4.78 is 0. The molecule has 100 valence electrons. The Morgan fingerprint density at radius 3 is 2.05 bits per heavy atom. The summed E-state index contributed by atoms with van der Waals surface area (Å²) in [5.41, 5.74) is 11.7. The second kappa shape index (κ2) is 7.86. The predicted molar refractivity (Wildman–Crippen MR) is 86.8 cm³/mol. The van der Waals surface area contributed by atoms with Crippen molar-refractivity contribution in [1.82, 2.24) is 0 Å². The lowest BCUT2D eigenvalue weighted by molar-refractivity contribution is 1.05. The zero-order valence-electron chi connectivity index (χ0n) is 10.3. The van der Waals surface area contributed by atoms with Gasteiger partial charge in [0.1, 0.15) is 0 Å². The molecule has 0 atom stereocenters. The Balaban J connectivity index is 0.00000180. The topological polar surface area (TPSA) is 64.4 Å². The molecular weight excluding hydrogens is 322 g/mol. The monoisotopic (exact) mass is 337 g/mol. The Hall–Kier alpha value is -1.46. The highest BCUT2D eigenvalue weighted by Crippen LogP contribution is 2.27. The van der Waals surface area contributed by atoms with Gasteiger partial charge in [0, 0.05) is 9.79 Å². The molecule has 0 aliphatic heterocycles. The summed E-state index contributed by atoms with van der Waals surface area (Å²) in [6, 6.07) is 18.5. The van der Waals surface area contributed by atoms with Crippen LogP contribution >= 0.6 is 28.7 Å². The van der Waals surface area contributed by atoms with E-state index in [4.69, 9.17) is 11.5 Å². The van der Waals surface area contributed by atoms with E-state index in [2.05, 4.69) is 29.3 Å². The molecule has 0 aromatic heterocycles. The summed E-state index contributed by atoms with van der Waals surface area (Å²) >= 11 is 1.74. The van der Waals surface area contributed by atoms with E-state index in [1.165, 1.54) is 9.79 Å². The zero-order valence-corrected chi connectivity index (χ0v) is 12.9. The minimum Gasteiger partial charge on any atom is -0.370 e. The maximum atomic E-state index is 5.30. The lowest BCUT2D eigenvalue weighted by atomic mass is 10.2. The van der Waals surface area contributed by atoms with Crippen molar-refractivity contribution in [3.05, 3.63) is 60.2 Å². The van der Waals surface area contributed by atoms with Gasteiger partial charge in [-0.05, 0) is 29.8 Å². The predicted octanol–water partition coefficient (Wildman–Crippen LogP) is 3.19. The Labute approximate surface area is 127 Å². The first kappa shape index (κ1) is 15.6. The zero-order chi connectivity index (χ0) is 12.8. The second-order valence-electron chi connectivity index (χ2n) is 3.80. The van der Waals surface area contributed by atoms with Crippen molar-refractivity contribution >= 4 is 34.7 Å². The van der Waals surface area contributed by atoms with Crippen LogP contribution in [0.5, 0.6) is 0 Å². The lowest BCUT2D eigenvalue weighted by Gasteiger charge is -2.02. The molecule has 0 amide bonds. The van der Waals surface area contributed by atoms with Gasteiger partial charge in [0.2, 0.25) is 0 Å². The van der Waals surface area contributed by atoms with E-state index >= 15 is 0 Å². The van der Waals surface area contributed by atoms with Crippen molar-refractivity contribution in [3.63, 3.8) is 0 Å². The van der Waals surface area contributed by atoms with Crippen molar-refractivity contribution in [3.8, 4) is 0 Å². The van der Waals surface area contributed by atoms with Gasteiger partial charge in [-0.25, -0.2) is 4.99 Å². The fraction of sp³-hybridized carbons (Fsp3) is 0.0714. The minimum atomic E-state index is 0. The van der Waals surface area contributed by atoms with E-state index in [1.54, 1.807) is 11.8 Å². The number of benzene rings is 2. The molecule has 2 aromatic carbocycles. The van der Waals surface area contributed by atoms with Gasteiger partial charge >= 0.3 is 0 Å². The molecule has 0 fully saturated rings. The highest BCUT2D eigenvalue weighted by Gasteiger charge is 1.97. The molecule has 0 aliphatic carbocycles. The van der Waals surface area contributed by atoms with Gasteiger partial charge in [0.25, 0.3) is 0 Å². The van der Waals surface area contributed by atoms with Crippen LogP contribution in [-0.4, -0.2) is 5.96 Å². The molecule has 2 rings (SSSR count). The third-order valence-electron chi connectivity index (χ3n) is 2.35. The molecule has 0 radical (unpaired) electrons. The number of nitrogens with two attached hydrogens (primary N) is 2. The van der Waals surface area contributed by atoms with E-state index in [1.807, 2.05) is 30.3 Å². The molecule has 0 bridgehead atoms. The normalized spacial score (nSPS) is 9.47.